The maximum Gasteiger partial charge on any atom is 0.261 e. The van der Waals surface area contributed by atoms with Gasteiger partial charge in [-0.05, 0) is 54.0 Å². The fourth-order valence-electron chi connectivity index (χ4n) is 3.13. The number of nitrogens with one attached hydrogen (secondary N) is 1. The third-order valence-electron chi connectivity index (χ3n) is 4.17. The van der Waals surface area contributed by atoms with Gasteiger partial charge in [0.15, 0.2) is 11.5 Å². The van der Waals surface area contributed by atoms with Crippen LogP contribution < -0.4 is 14.8 Å². The summed E-state index contributed by atoms with van der Waals surface area (Å²) in [4.78, 5) is 13.1. The second-order valence-corrected chi connectivity index (χ2v) is 6.54. The lowest BCUT2D eigenvalue weighted by atomic mass is 9.87. The fourth-order valence-corrected chi connectivity index (χ4v) is 3.75. The monoisotopic (exact) mass is 315 g/mol. The first-order valence-electron chi connectivity index (χ1n) is 7.58. The minimum Gasteiger partial charge on any atom is -0.486 e. The topological polar surface area (TPSA) is 47.6 Å². The maximum atomic E-state index is 12.3. The minimum absolute atomic E-state index is 0.00254. The molecule has 5 heteroatoms. The van der Waals surface area contributed by atoms with Crippen molar-refractivity contribution < 1.29 is 14.3 Å². The van der Waals surface area contributed by atoms with Crippen molar-refractivity contribution in [3.63, 3.8) is 0 Å². The second kappa shape index (κ2) is 5.65. The van der Waals surface area contributed by atoms with E-state index < -0.39 is 0 Å². The van der Waals surface area contributed by atoms with Crippen LogP contribution in [0.4, 0.5) is 0 Å². The molecule has 1 aliphatic heterocycles. The summed E-state index contributed by atoms with van der Waals surface area (Å²) in [5.74, 6) is 1.63. The van der Waals surface area contributed by atoms with Gasteiger partial charge in [0.25, 0.3) is 5.91 Å². The number of carbonyl (C=O) groups is 1. The van der Waals surface area contributed by atoms with Gasteiger partial charge >= 0.3 is 0 Å². The van der Waals surface area contributed by atoms with Crippen molar-refractivity contribution in [2.24, 2.45) is 0 Å². The van der Waals surface area contributed by atoms with Gasteiger partial charge in [0.05, 0.1) is 10.9 Å². The van der Waals surface area contributed by atoms with Crippen LogP contribution >= 0.6 is 11.3 Å². The zero-order chi connectivity index (χ0) is 14.9. The van der Waals surface area contributed by atoms with Gasteiger partial charge in [0, 0.05) is 0 Å². The Morgan fingerprint density at radius 2 is 2.05 bits per heavy atom. The summed E-state index contributed by atoms with van der Waals surface area (Å²) < 4.78 is 11.3. The first-order valence-corrected chi connectivity index (χ1v) is 8.46. The maximum absolute atomic E-state index is 12.3. The molecule has 0 bridgehead atoms. The molecule has 2 aliphatic rings. The Kier molecular flexibility index (Phi) is 3.50. The number of benzene rings is 1. The number of rotatable bonds is 2. The molecule has 1 N–H and O–H groups in total. The summed E-state index contributed by atoms with van der Waals surface area (Å²) in [5, 5.41) is 5.08. The van der Waals surface area contributed by atoms with E-state index in [2.05, 4.69) is 11.4 Å². The van der Waals surface area contributed by atoms with E-state index in [9.17, 15) is 4.79 Å². The third kappa shape index (κ3) is 2.46. The average molecular weight is 315 g/mol. The Hall–Kier alpha value is -2.01. The highest BCUT2D eigenvalue weighted by atomic mass is 32.1. The fraction of sp³-hybridized carbons (Fsp3) is 0.353. The summed E-state index contributed by atoms with van der Waals surface area (Å²) >= 11 is 1.47. The predicted octanol–water partition coefficient (Wildman–Crippen LogP) is 3.33. The van der Waals surface area contributed by atoms with Crippen LogP contribution in [0.3, 0.4) is 0 Å². The van der Waals surface area contributed by atoms with Gasteiger partial charge in [-0.15, -0.1) is 11.3 Å². The molecule has 1 aliphatic carbocycles. The summed E-state index contributed by atoms with van der Waals surface area (Å²) in [6.45, 7) is 1.18. The minimum atomic E-state index is 0.00254. The van der Waals surface area contributed by atoms with E-state index in [1.807, 2.05) is 23.6 Å². The Morgan fingerprint density at radius 1 is 1.23 bits per heavy atom. The number of aryl methyl sites for hydroxylation is 1. The van der Waals surface area contributed by atoms with Crippen molar-refractivity contribution in [3.8, 4) is 11.5 Å². The van der Waals surface area contributed by atoms with E-state index in [-0.39, 0.29) is 11.9 Å². The van der Waals surface area contributed by atoms with Crippen LogP contribution in [0.1, 0.15) is 39.7 Å². The van der Waals surface area contributed by atoms with Crippen molar-refractivity contribution in [1.82, 2.24) is 5.32 Å². The number of thiophene rings is 1. The normalized spacial score (nSPS) is 19.4. The third-order valence-corrected chi connectivity index (χ3v) is 5.04. The van der Waals surface area contributed by atoms with Crippen molar-refractivity contribution in [3.05, 3.63) is 45.6 Å². The van der Waals surface area contributed by atoms with Crippen LogP contribution in [0, 0.1) is 0 Å². The number of ether oxygens (including phenoxy) is 2. The number of carbonyl (C=O) groups excluding carboxylic acids is 1. The highest BCUT2D eigenvalue weighted by molar-refractivity contribution is 7.12. The van der Waals surface area contributed by atoms with Crippen molar-refractivity contribution >= 4 is 17.2 Å². The van der Waals surface area contributed by atoms with E-state index in [0.29, 0.717) is 13.2 Å². The van der Waals surface area contributed by atoms with Crippen molar-refractivity contribution in [2.45, 2.75) is 25.3 Å². The van der Waals surface area contributed by atoms with E-state index >= 15 is 0 Å². The molecule has 1 atom stereocenters. The molecule has 1 unspecified atom stereocenters. The van der Waals surface area contributed by atoms with Gasteiger partial charge in [-0.2, -0.15) is 0 Å². The molecule has 0 spiro atoms. The first-order chi connectivity index (χ1) is 10.8. The van der Waals surface area contributed by atoms with Crippen molar-refractivity contribution in [2.75, 3.05) is 13.2 Å². The molecule has 1 aromatic carbocycles. The Bertz CT molecular complexity index is 696. The average Bonchev–Trinajstić information content (AvgIpc) is 3.08. The van der Waals surface area contributed by atoms with E-state index in [0.717, 1.165) is 35.6 Å². The highest BCUT2D eigenvalue weighted by Gasteiger charge is 2.26. The van der Waals surface area contributed by atoms with Gasteiger partial charge in [-0.25, -0.2) is 0 Å². The number of amides is 1. The van der Waals surface area contributed by atoms with Crippen LogP contribution in [0.15, 0.2) is 29.6 Å². The largest absolute Gasteiger partial charge is 0.486 e. The first kappa shape index (κ1) is 13.6. The lowest BCUT2D eigenvalue weighted by molar-refractivity contribution is 0.0936. The Morgan fingerprint density at radius 3 is 2.82 bits per heavy atom. The molecule has 0 saturated carbocycles. The number of hydrogen-bond donors (Lipinski definition) is 1. The molecule has 0 fully saturated rings. The van der Waals surface area contributed by atoms with Crippen LogP contribution in [-0.4, -0.2) is 19.1 Å². The smallest absolute Gasteiger partial charge is 0.261 e. The molecule has 0 saturated heterocycles. The molecular formula is C17H17NO3S. The van der Waals surface area contributed by atoms with E-state index in [1.54, 1.807) is 0 Å². The predicted molar refractivity (Wildman–Crippen MR) is 84.9 cm³/mol. The molecule has 4 rings (SSSR count). The SMILES string of the molecule is O=C(NC1CCCc2cc3c(cc21)OCCO3)c1cccs1. The molecule has 2 heterocycles. The van der Waals surface area contributed by atoms with E-state index in [4.69, 9.17) is 9.47 Å². The molecule has 2 aromatic rings. The summed E-state index contributed by atoms with van der Waals surface area (Å²) in [7, 11) is 0. The molecule has 22 heavy (non-hydrogen) atoms. The van der Waals surface area contributed by atoms with Gasteiger partial charge in [0.1, 0.15) is 13.2 Å². The Balaban J connectivity index is 1.62. The zero-order valence-electron chi connectivity index (χ0n) is 12.1. The standard InChI is InChI=1S/C17H17NO3S/c19-17(16-5-2-8-22-16)18-13-4-1-3-11-9-14-15(10-12(11)13)21-7-6-20-14/h2,5,8-10,13H,1,3-4,6-7H2,(H,18,19). The number of fused-ring (bicyclic) bond motifs is 2. The van der Waals surface area contributed by atoms with Crippen LogP contribution in [0.25, 0.3) is 0 Å². The number of hydrogen-bond acceptors (Lipinski definition) is 4. The van der Waals surface area contributed by atoms with Crippen LogP contribution in [-0.2, 0) is 6.42 Å². The lowest BCUT2D eigenvalue weighted by Gasteiger charge is -2.29. The van der Waals surface area contributed by atoms with Gasteiger partial charge < -0.3 is 14.8 Å². The second-order valence-electron chi connectivity index (χ2n) is 5.59. The molecule has 1 aromatic heterocycles. The van der Waals surface area contributed by atoms with E-state index in [1.165, 1.54) is 22.5 Å². The zero-order valence-corrected chi connectivity index (χ0v) is 12.9. The summed E-state index contributed by atoms with van der Waals surface area (Å²) in [6, 6.07) is 7.92. The molecule has 0 radical (unpaired) electrons. The molecule has 4 nitrogen and oxygen atoms in total. The summed E-state index contributed by atoms with van der Waals surface area (Å²) in [6.07, 6.45) is 3.06. The highest BCUT2D eigenvalue weighted by Crippen LogP contribution is 2.39. The van der Waals surface area contributed by atoms with Crippen LogP contribution in [0.5, 0.6) is 11.5 Å². The molecule has 114 valence electrons. The Labute approximate surface area is 133 Å². The lowest BCUT2D eigenvalue weighted by Crippen LogP contribution is -2.30. The molecule has 1 amide bonds. The summed E-state index contributed by atoms with van der Waals surface area (Å²) in [5.41, 5.74) is 2.42. The van der Waals surface area contributed by atoms with Crippen molar-refractivity contribution in [1.29, 1.82) is 0 Å². The van der Waals surface area contributed by atoms with Gasteiger partial charge in [0.2, 0.25) is 0 Å². The van der Waals surface area contributed by atoms with Gasteiger partial charge in [-0.3, -0.25) is 4.79 Å². The quantitative estimate of drug-likeness (QED) is 0.925. The van der Waals surface area contributed by atoms with Gasteiger partial charge in [-0.1, -0.05) is 6.07 Å². The molecular weight excluding hydrogens is 298 g/mol. The van der Waals surface area contributed by atoms with Crippen LogP contribution in [0.2, 0.25) is 0 Å².